The lowest BCUT2D eigenvalue weighted by molar-refractivity contribution is 0.0925. The molecule has 1 amide bonds. The highest BCUT2D eigenvalue weighted by molar-refractivity contribution is 7.98. The van der Waals surface area contributed by atoms with E-state index in [1.165, 1.54) is 11.8 Å². The van der Waals surface area contributed by atoms with Crippen LogP contribution in [0, 0.1) is 6.92 Å². The fourth-order valence-corrected chi connectivity index (χ4v) is 4.14. The second-order valence-electron chi connectivity index (χ2n) is 6.75. The van der Waals surface area contributed by atoms with Crippen molar-refractivity contribution in [1.29, 1.82) is 0 Å². The van der Waals surface area contributed by atoms with E-state index in [-0.39, 0.29) is 11.7 Å². The van der Waals surface area contributed by atoms with Crippen LogP contribution in [-0.4, -0.2) is 17.4 Å². The van der Waals surface area contributed by atoms with Gasteiger partial charge in [0.1, 0.15) is 11.3 Å². The number of thioether (sulfide) groups is 1. The van der Waals surface area contributed by atoms with Gasteiger partial charge < -0.3 is 14.2 Å². The first-order chi connectivity index (χ1) is 14.5. The number of hydrogen-bond donors (Lipinski definition) is 1. The van der Waals surface area contributed by atoms with Crippen LogP contribution in [0.3, 0.4) is 0 Å². The molecule has 0 unspecified atom stereocenters. The van der Waals surface area contributed by atoms with Crippen molar-refractivity contribution in [2.75, 3.05) is 6.54 Å². The number of benzene rings is 2. The van der Waals surface area contributed by atoms with Gasteiger partial charge in [-0.1, -0.05) is 47.1 Å². The Balaban J connectivity index is 1.29. The summed E-state index contributed by atoms with van der Waals surface area (Å²) in [5.74, 6) is 1.18. The number of carbonyl (C=O) groups is 1. The number of amides is 1. The van der Waals surface area contributed by atoms with E-state index in [9.17, 15) is 4.79 Å². The van der Waals surface area contributed by atoms with E-state index >= 15 is 0 Å². The average molecular weight is 461 g/mol. The number of oxazole rings is 1. The second kappa shape index (κ2) is 9.16. The average Bonchev–Trinajstić information content (AvgIpc) is 3.34. The van der Waals surface area contributed by atoms with Crippen molar-refractivity contribution in [1.82, 2.24) is 10.3 Å². The monoisotopic (exact) mass is 460 g/mol. The molecule has 2 aromatic carbocycles. The molecule has 2 heterocycles. The molecule has 1 N–H and O–H groups in total. The summed E-state index contributed by atoms with van der Waals surface area (Å²) in [6.07, 6.45) is 0.600. The topological polar surface area (TPSA) is 68.3 Å². The molecule has 0 saturated carbocycles. The Morgan fingerprint density at radius 2 is 1.97 bits per heavy atom. The zero-order chi connectivity index (χ0) is 21.1. The highest BCUT2D eigenvalue weighted by Crippen LogP contribution is 2.27. The minimum atomic E-state index is -0.270. The third-order valence-electron chi connectivity index (χ3n) is 4.44. The van der Waals surface area contributed by atoms with Gasteiger partial charge in [-0.15, -0.1) is 0 Å². The predicted molar refractivity (Wildman–Crippen MR) is 120 cm³/mol. The second-order valence-corrected chi connectivity index (χ2v) is 8.52. The molecule has 0 fully saturated rings. The number of halogens is 2. The summed E-state index contributed by atoms with van der Waals surface area (Å²) in [6, 6.07) is 14.7. The fourth-order valence-electron chi connectivity index (χ4n) is 2.91. The van der Waals surface area contributed by atoms with Gasteiger partial charge >= 0.3 is 0 Å². The Labute approximate surface area is 187 Å². The molecule has 0 spiro atoms. The molecule has 8 heteroatoms. The molecule has 5 nitrogen and oxygen atoms in total. The van der Waals surface area contributed by atoms with Crippen molar-refractivity contribution in [2.45, 2.75) is 24.3 Å². The maximum absolute atomic E-state index is 12.3. The Kier molecular flexibility index (Phi) is 6.37. The first-order valence-corrected chi connectivity index (χ1v) is 11.0. The summed E-state index contributed by atoms with van der Waals surface area (Å²) in [7, 11) is 0. The molecule has 0 radical (unpaired) electrons. The highest BCUT2D eigenvalue weighted by atomic mass is 35.5. The van der Waals surface area contributed by atoms with Crippen LogP contribution in [0.4, 0.5) is 0 Å². The first-order valence-electron chi connectivity index (χ1n) is 9.29. The van der Waals surface area contributed by atoms with Gasteiger partial charge in [0.2, 0.25) is 0 Å². The molecule has 4 rings (SSSR count). The number of nitrogens with zero attached hydrogens (tertiary/aromatic N) is 1. The third kappa shape index (κ3) is 5.01. The van der Waals surface area contributed by atoms with Gasteiger partial charge in [0.05, 0.1) is 5.75 Å². The van der Waals surface area contributed by atoms with Crippen molar-refractivity contribution < 1.29 is 13.6 Å². The summed E-state index contributed by atoms with van der Waals surface area (Å²) >= 11 is 13.5. The van der Waals surface area contributed by atoms with E-state index in [0.29, 0.717) is 39.7 Å². The van der Waals surface area contributed by atoms with E-state index < -0.39 is 0 Å². The largest absolute Gasteiger partial charge is 0.455 e. The summed E-state index contributed by atoms with van der Waals surface area (Å²) in [6.45, 7) is 2.45. The van der Waals surface area contributed by atoms with Gasteiger partial charge in [-0.3, -0.25) is 4.79 Å². The Hall–Kier alpha value is -2.41. The van der Waals surface area contributed by atoms with Crippen molar-refractivity contribution in [3.8, 4) is 0 Å². The molecule has 154 valence electrons. The SMILES string of the molecule is Cc1ccc2nc(SCc3ccc(C(=O)NCCc4ccc(Cl)cc4Cl)o3)oc2c1. The lowest BCUT2D eigenvalue weighted by Crippen LogP contribution is -2.25. The first kappa shape index (κ1) is 20.8. The van der Waals surface area contributed by atoms with Crippen molar-refractivity contribution in [3.05, 3.63) is 81.2 Å². The normalized spacial score (nSPS) is 11.2. The number of carbonyl (C=O) groups excluding carboxylic acids is 1. The predicted octanol–water partition coefficient (Wildman–Crippen LogP) is 6.30. The van der Waals surface area contributed by atoms with Crippen LogP contribution >= 0.6 is 35.0 Å². The summed E-state index contributed by atoms with van der Waals surface area (Å²) in [5.41, 5.74) is 3.63. The molecule has 30 heavy (non-hydrogen) atoms. The molecule has 4 aromatic rings. The van der Waals surface area contributed by atoms with Gasteiger partial charge in [-0.05, 0) is 60.9 Å². The van der Waals surface area contributed by atoms with Crippen LogP contribution < -0.4 is 5.32 Å². The standard InChI is InChI=1S/C22H18Cl2N2O3S/c1-13-2-6-18-20(10-13)29-22(26-18)30-12-16-5-7-19(28-16)21(27)25-9-8-14-3-4-15(23)11-17(14)24/h2-7,10-11H,8-9,12H2,1H3,(H,25,27). The number of furan rings is 1. The van der Waals surface area contributed by atoms with Crippen LogP contribution in [0.1, 0.15) is 27.4 Å². The zero-order valence-corrected chi connectivity index (χ0v) is 18.4. The van der Waals surface area contributed by atoms with Crippen molar-refractivity contribution >= 4 is 52.0 Å². The Bertz CT molecular complexity index is 1200. The minimum absolute atomic E-state index is 0.265. The molecule has 0 bridgehead atoms. The third-order valence-corrected chi connectivity index (χ3v) is 5.88. The number of rotatable bonds is 7. The smallest absolute Gasteiger partial charge is 0.287 e. The zero-order valence-electron chi connectivity index (χ0n) is 16.1. The van der Waals surface area contributed by atoms with Crippen LogP contribution in [0.25, 0.3) is 11.1 Å². The Morgan fingerprint density at radius 3 is 2.80 bits per heavy atom. The van der Waals surface area contributed by atoms with Crippen LogP contribution in [-0.2, 0) is 12.2 Å². The number of aromatic nitrogens is 1. The molecule has 0 aliphatic carbocycles. The fraction of sp³-hybridized carbons (Fsp3) is 0.182. The minimum Gasteiger partial charge on any atom is -0.455 e. The van der Waals surface area contributed by atoms with Crippen molar-refractivity contribution in [3.63, 3.8) is 0 Å². The van der Waals surface area contributed by atoms with E-state index in [1.54, 1.807) is 24.3 Å². The van der Waals surface area contributed by atoms with Gasteiger partial charge in [-0.25, -0.2) is 4.98 Å². The number of fused-ring (bicyclic) bond motifs is 1. The molecule has 0 aliphatic heterocycles. The van der Waals surface area contributed by atoms with E-state index in [4.69, 9.17) is 32.0 Å². The van der Waals surface area contributed by atoms with Crippen LogP contribution in [0.2, 0.25) is 10.0 Å². The van der Waals surface area contributed by atoms with Gasteiger partial charge in [0, 0.05) is 16.6 Å². The number of hydrogen-bond acceptors (Lipinski definition) is 5. The molecule has 0 atom stereocenters. The van der Waals surface area contributed by atoms with Crippen LogP contribution in [0.15, 0.2) is 62.6 Å². The lowest BCUT2D eigenvalue weighted by atomic mass is 10.1. The van der Waals surface area contributed by atoms with E-state index in [1.807, 2.05) is 31.2 Å². The molecule has 0 saturated heterocycles. The lowest BCUT2D eigenvalue weighted by Gasteiger charge is -2.06. The number of aryl methyl sites for hydroxylation is 1. The van der Waals surface area contributed by atoms with Gasteiger partial charge in [-0.2, -0.15) is 0 Å². The van der Waals surface area contributed by atoms with Crippen molar-refractivity contribution in [2.24, 2.45) is 0 Å². The summed E-state index contributed by atoms with van der Waals surface area (Å²) < 4.78 is 11.4. The number of nitrogens with one attached hydrogen (secondary N) is 1. The molecule has 0 aliphatic rings. The van der Waals surface area contributed by atoms with Gasteiger partial charge in [0.15, 0.2) is 11.3 Å². The van der Waals surface area contributed by atoms with Gasteiger partial charge in [0.25, 0.3) is 11.1 Å². The van der Waals surface area contributed by atoms with E-state index in [2.05, 4.69) is 10.3 Å². The highest BCUT2D eigenvalue weighted by Gasteiger charge is 2.13. The summed E-state index contributed by atoms with van der Waals surface area (Å²) in [5, 5.41) is 4.58. The maximum Gasteiger partial charge on any atom is 0.287 e. The summed E-state index contributed by atoms with van der Waals surface area (Å²) in [4.78, 5) is 16.8. The molecular weight excluding hydrogens is 443 g/mol. The molecule has 2 aromatic heterocycles. The van der Waals surface area contributed by atoms with E-state index in [0.717, 1.165) is 22.2 Å². The van der Waals surface area contributed by atoms with Crippen LogP contribution in [0.5, 0.6) is 0 Å². The Morgan fingerprint density at radius 1 is 1.10 bits per heavy atom. The quantitative estimate of drug-likeness (QED) is 0.327. The molecular formula is C22H18Cl2N2O3S. The maximum atomic E-state index is 12.3.